The second-order valence-corrected chi connectivity index (χ2v) is 8.59. The zero-order chi connectivity index (χ0) is 11.9. The molecule has 5 aliphatic rings. The van der Waals surface area contributed by atoms with Crippen LogP contribution in [0.5, 0.6) is 0 Å². The summed E-state index contributed by atoms with van der Waals surface area (Å²) in [5.74, 6) is 11.7. The Kier molecular flexibility index (Phi) is 2.28. The average molecular weight is 262 g/mol. The molecule has 0 N–H and O–H groups in total. The van der Waals surface area contributed by atoms with Crippen LogP contribution in [0.2, 0.25) is 0 Å². The van der Waals surface area contributed by atoms with Crippen LogP contribution in [-0.2, 0) is 0 Å². The Morgan fingerprint density at radius 3 is 2.33 bits per heavy atom. The van der Waals surface area contributed by atoms with Crippen LogP contribution in [-0.4, -0.2) is 5.75 Å². The lowest BCUT2D eigenvalue weighted by Gasteiger charge is -2.43. The van der Waals surface area contributed by atoms with E-state index in [1.54, 1.807) is 38.5 Å². The van der Waals surface area contributed by atoms with Crippen LogP contribution in [0.15, 0.2) is 0 Å². The number of thiol groups is 1. The summed E-state index contributed by atoms with van der Waals surface area (Å²) in [6, 6.07) is 0. The van der Waals surface area contributed by atoms with E-state index in [2.05, 4.69) is 12.6 Å². The van der Waals surface area contributed by atoms with E-state index in [0.717, 1.165) is 23.5 Å². The van der Waals surface area contributed by atoms with Gasteiger partial charge in [0.1, 0.15) is 0 Å². The average Bonchev–Trinajstić information content (AvgIpc) is 3.11. The smallest absolute Gasteiger partial charge is 0.00952 e. The predicted molar refractivity (Wildman–Crippen MR) is 77.6 cm³/mol. The van der Waals surface area contributed by atoms with Gasteiger partial charge in [-0.05, 0) is 97.5 Å². The van der Waals surface area contributed by atoms with Crippen molar-refractivity contribution in [3.05, 3.63) is 0 Å². The van der Waals surface area contributed by atoms with E-state index in [1.165, 1.54) is 41.9 Å². The van der Waals surface area contributed by atoms with Gasteiger partial charge in [0.05, 0.1) is 0 Å². The minimum absolute atomic E-state index is 1.08. The van der Waals surface area contributed by atoms with Crippen molar-refractivity contribution >= 4 is 12.6 Å². The van der Waals surface area contributed by atoms with Crippen molar-refractivity contribution in [1.82, 2.24) is 0 Å². The third-order valence-corrected chi connectivity index (χ3v) is 8.29. The second kappa shape index (κ2) is 3.71. The SMILES string of the molecule is SCCC1CC2CC1C1C3CC(C4CCCC43)C21. The second-order valence-electron chi connectivity index (χ2n) is 8.14. The van der Waals surface area contributed by atoms with Crippen LogP contribution in [0.1, 0.15) is 44.9 Å². The summed E-state index contributed by atoms with van der Waals surface area (Å²) < 4.78 is 0. The maximum atomic E-state index is 4.50. The van der Waals surface area contributed by atoms with Gasteiger partial charge in [0.25, 0.3) is 0 Å². The molecule has 0 amide bonds. The highest BCUT2D eigenvalue weighted by molar-refractivity contribution is 7.80. The topological polar surface area (TPSA) is 0 Å². The standard InChI is InChI=1S/C17H26S/c18-5-4-9-6-10-7-13(9)17-15-8-14(16(10)17)11-2-1-3-12(11)15/h9-18H,1-8H2. The minimum Gasteiger partial charge on any atom is -0.179 e. The molecule has 18 heavy (non-hydrogen) atoms. The van der Waals surface area contributed by atoms with Crippen molar-refractivity contribution in [3.8, 4) is 0 Å². The van der Waals surface area contributed by atoms with Gasteiger partial charge in [0, 0.05) is 0 Å². The molecular formula is C17H26S. The molecule has 0 spiro atoms. The third-order valence-electron chi connectivity index (χ3n) is 8.03. The number of fused-ring (bicyclic) bond motifs is 12. The largest absolute Gasteiger partial charge is 0.179 e. The van der Waals surface area contributed by atoms with Crippen molar-refractivity contribution < 1.29 is 0 Å². The highest BCUT2D eigenvalue weighted by atomic mass is 32.1. The minimum atomic E-state index is 1.08. The molecule has 9 unspecified atom stereocenters. The van der Waals surface area contributed by atoms with E-state index in [1.807, 2.05) is 0 Å². The maximum absolute atomic E-state index is 4.50. The quantitative estimate of drug-likeness (QED) is 0.558. The van der Waals surface area contributed by atoms with Crippen molar-refractivity contribution in [2.45, 2.75) is 44.9 Å². The third kappa shape index (κ3) is 1.17. The summed E-state index contributed by atoms with van der Waals surface area (Å²) in [4.78, 5) is 0. The molecule has 5 rings (SSSR count). The van der Waals surface area contributed by atoms with Gasteiger partial charge in [-0.2, -0.15) is 12.6 Å². The van der Waals surface area contributed by atoms with Crippen molar-refractivity contribution in [2.24, 2.45) is 53.3 Å². The highest BCUT2D eigenvalue weighted by Crippen LogP contribution is 2.73. The Hall–Kier alpha value is 0.350. The van der Waals surface area contributed by atoms with Crippen molar-refractivity contribution in [1.29, 1.82) is 0 Å². The Balaban J connectivity index is 1.46. The Morgan fingerprint density at radius 1 is 0.778 bits per heavy atom. The lowest BCUT2D eigenvalue weighted by atomic mass is 9.62. The van der Waals surface area contributed by atoms with Crippen molar-refractivity contribution in [3.63, 3.8) is 0 Å². The van der Waals surface area contributed by atoms with Crippen molar-refractivity contribution in [2.75, 3.05) is 5.75 Å². The highest BCUT2D eigenvalue weighted by Gasteiger charge is 2.67. The van der Waals surface area contributed by atoms with Gasteiger partial charge in [-0.3, -0.25) is 0 Å². The summed E-state index contributed by atoms with van der Waals surface area (Å²) in [6.07, 6.45) is 11.1. The molecule has 1 heteroatoms. The molecule has 0 aromatic rings. The van der Waals surface area contributed by atoms with Gasteiger partial charge >= 0.3 is 0 Å². The Morgan fingerprint density at radius 2 is 1.56 bits per heavy atom. The monoisotopic (exact) mass is 262 g/mol. The molecule has 9 atom stereocenters. The fraction of sp³-hybridized carbons (Fsp3) is 1.00. The summed E-state index contributed by atoms with van der Waals surface area (Å²) >= 11 is 4.50. The fourth-order valence-electron chi connectivity index (χ4n) is 7.95. The summed E-state index contributed by atoms with van der Waals surface area (Å²) in [6.45, 7) is 0. The van der Waals surface area contributed by atoms with Crippen LogP contribution in [0.4, 0.5) is 0 Å². The zero-order valence-corrected chi connectivity index (χ0v) is 12.2. The Labute approximate surface area is 117 Å². The summed E-state index contributed by atoms with van der Waals surface area (Å²) in [5, 5.41) is 0. The first-order valence-electron chi connectivity index (χ1n) is 8.49. The molecule has 0 nitrogen and oxygen atoms in total. The molecular weight excluding hydrogens is 236 g/mol. The first-order chi connectivity index (χ1) is 8.88. The van der Waals surface area contributed by atoms with Crippen LogP contribution >= 0.6 is 12.6 Å². The van der Waals surface area contributed by atoms with Gasteiger partial charge in [0.2, 0.25) is 0 Å². The van der Waals surface area contributed by atoms with Gasteiger partial charge in [-0.15, -0.1) is 0 Å². The van der Waals surface area contributed by atoms with Crippen LogP contribution in [0.25, 0.3) is 0 Å². The molecule has 0 aromatic heterocycles. The molecule has 0 heterocycles. The van der Waals surface area contributed by atoms with E-state index in [-0.39, 0.29) is 0 Å². The fourth-order valence-corrected chi connectivity index (χ4v) is 8.28. The molecule has 5 fully saturated rings. The van der Waals surface area contributed by atoms with E-state index in [0.29, 0.717) is 0 Å². The molecule has 100 valence electrons. The number of hydrogen-bond donors (Lipinski definition) is 1. The van der Waals surface area contributed by atoms with Gasteiger partial charge in [-0.25, -0.2) is 0 Å². The van der Waals surface area contributed by atoms with Crippen LogP contribution < -0.4 is 0 Å². The van der Waals surface area contributed by atoms with Crippen LogP contribution in [0.3, 0.4) is 0 Å². The first kappa shape index (κ1) is 11.1. The normalized spacial score (nSPS) is 63.5. The maximum Gasteiger partial charge on any atom is -0.00952 e. The van der Waals surface area contributed by atoms with E-state index >= 15 is 0 Å². The first-order valence-corrected chi connectivity index (χ1v) is 9.12. The molecule has 0 aromatic carbocycles. The molecule has 5 aliphatic carbocycles. The predicted octanol–water partition coefficient (Wildman–Crippen LogP) is 4.26. The van der Waals surface area contributed by atoms with E-state index in [4.69, 9.17) is 0 Å². The van der Waals surface area contributed by atoms with E-state index < -0.39 is 0 Å². The Bertz CT molecular complexity index is 365. The van der Waals surface area contributed by atoms with Gasteiger partial charge in [-0.1, -0.05) is 6.42 Å². The van der Waals surface area contributed by atoms with E-state index in [9.17, 15) is 0 Å². The van der Waals surface area contributed by atoms with Gasteiger partial charge in [0.15, 0.2) is 0 Å². The molecule has 5 saturated carbocycles. The van der Waals surface area contributed by atoms with Gasteiger partial charge < -0.3 is 0 Å². The lowest BCUT2D eigenvalue weighted by molar-refractivity contribution is 0.0459. The molecule has 0 radical (unpaired) electrons. The molecule has 0 saturated heterocycles. The lowest BCUT2D eigenvalue weighted by Crippen LogP contribution is -2.38. The summed E-state index contributed by atoms with van der Waals surface area (Å²) in [7, 11) is 0. The summed E-state index contributed by atoms with van der Waals surface area (Å²) in [5.41, 5.74) is 0. The van der Waals surface area contributed by atoms with Crippen LogP contribution in [0, 0.1) is 53.3 Å². The zero-order valence-electron chi connectivity index (χ0n) is 11.3. The molecule has 4 bridgehead atoms. The molecule has 0 aliphatic heterocycles. The number of rotatable bonds is 2. The number of hydrogen-bond acceptors (Lipinski definition) is 1.